The van der Waals surface area contributed by atoms with Crippen molar-refractivity contribution in [3.8, 4) is 11.1 Å². The van der Waals surface area contributed by atoms with E-state index >= 15 is 0 Å². The fourth-order valence-electron chi connectivity index (χ4n) is 5.95. The van der Waals surface area contributed by atoms with E-state index in [2.05, 4.69) is 34.9 Å². The first-order chi connectivity index (χ1) is 16.4. The average Bonchev–Trinajstić information content (AvgIpc) is 3.44. The van der Waals surface area contributed by atoms with E-state index in [0.717, 1.165) is 41.5 Å². The summed E-state index contributed by atoms with van der Waals surface area (Å²) in [5, 5.41) is 14.8. The standard InChI is InChI=1S/C27H30N2O5/c1-2-22(23(30)31)29-24(32)27(15-26(27)12-7-13-26)16-28-25(33)34-14-21-19-10-5-3-8-17(19)18-9-4-6-11-20(18)21/h3-6,8-11,21-22H,2,7,12-16H2,1H3,(H,28,33)(H,29,32)(H,30,31)/t22-,27?/m1/s1. The molecule has 1 spiro atoms. The molecule has 3 aliphatic rings. The summed E-state index contributed by atoms with van der Waals surface area (Å²) in [5.74, 6) is -1.35. The number of hydrogen-bond donors (Lipinski definition) is 3. The Bertz CT molecular complexity index is 1100. The van der Waals surface area contributed by atoms with E-state index in [1.807, 2.05) is 24.3 Å². The van der Waals surface area contributed by atoms with Gasteiger partial charge in [0, 0.05) is 12.5 Å². The van der Waals surface area contributed by atoms with Gasteiger partial charge in [-0.2, -0.15) is 0 Å². The first kappa shape index (κ1) is 22.4. The van der Waals surface area contributed by atoms with E-state index in [1.165, 1.54) is 0 Å². The molecule has 3 N–H and O–H groups in total. The van der Waals surface area contributed by atoms with Crippen molar-refractivity contribution in [3.63, 3.8) is 0 Å². The highest BCUT2D eigenvalue weighted by Crippen LogP contribution is 2.73. The Balaban J connectivity index is 1.23. The zero-order valence-electron chi connectivity index (χ0n) is 19.3. The van der Waals surface area contributed by atoms with Crippen molar-refractivity contribution < 1.29 is 24.2 Å². The van der Waals surface area contributed by atoms with Crippen molar-refractivity contribution >= 4 is 18.0 Å². The summed E-state index contributed by atoms with van der Waals surface area (Å²) < 4.78 is 5.63. The van der Waals surface area contributed by atoms with Gasteiger partial charge in [-0.1, -0.05) is 61.9 Å². The molecule has 2 aromatic rings. The molecule has 0 aliphatic heterocycles. The van der Waals surface area contributed by atoms with E-state index in [1.54, 1.807) is 6.92 Å². The van der Waals surface area contributed by atoms with Crippen LogP contribution in [0.2, 0.25) is 0 Å². The maximum absolute atomic E-state index is 13.1. The Morgan fingerprint density at radius 3 is 2.18 bits per heavy atom. The number of fused-ring (bicyclic) bond motifs is 3. The van der Waals surface area contributed by atoms with Gasteiger partial charge in [-0.15, -0.1) is 0 Å². The molecule has 2 atom stereocenters. The molecule has 0 radical (unpaired) electrons. The predicted molar refractivity (Wildman–Crippen MR) is 126 cm³/mol. The number of carbonyl (C=O) groups excluding carboxylic acids is 2. The minimum absolute atomic E-state index is 0.0322. The van der Waals surface area contributed by atoms with Gasteiger partial charge in [-0.05, 0) is 53.4 Å². The number of carboxylic acids is 1. The molecular formula is C27H30N2O5. The molecule has 5 rings (SSSR count). The summed E-state index contributed by atoms with van der Waals surface area (Å²) in [7, 11) is 0. The lowest BCUT2D eigenvalue weighted by Crippen LogP contribution is -2.50. The van der Waals surface area contributed by atoms with Gasteiger partial charge in [-0.3, -0.25) is 4.79 Å². The zero-order chi connectivity index (χ0) is 23.9. The van der Waals surface area contributed by atoms with Crippen LogP contribution in [-0.2, 0) is 14.3 Å². The van der Waals surface area contributed by atoms with Crippen LogP contribution in [0.1, 0.15) is 56.1 Å². The van der Waals surface area contributed by atoms with Crippen molar-refractivity contribution in [1.82, 2.24) is 10.6 Å². The van der Waals surface area contributed by atoms with Crippen molar-refractivity contribution in [3.05, 3.63) is 59.7 Å². The number of rotatable bonds is 8. The summed E-state index contributed by atoms with van der Waals surface area (Å²) in [6.07, 6.45) is 3.33. The van der Waals surface area contributed by atoms with Crippen LogP contribution in [0, 0.1) is 10.8 Å². The normalized spacial score (nSPS) is 22.1. The Hall–Kier alpha value is -3.35. The molecule has 1 unspecified atom stereocenters. The van der Waals surface area contributed by atoms with E-state index < -0.39 is 23.5 Å². The van der Waals surface area contributed by atoms with E-state index in [9.17, 15) is 19.5 Å². The van der Waals surface area contributed by atoms with Crippen LogP contribution in [0.15, 0.2) is 48.5 Å². The smallest absolute Gasteiger partial charge is 0.407 e. The second-order valence-electron chi connectivity index (χ2n) is 9.84. The molecule has 0 aromatic heterocycles. The molecule has 2 amide bonds. The molecule has 2 saturated carbocycles. The summed E-state index contributed by atoms with van der Waals surface area (Å²) >= 11 is 0. The van der Waals surface area contributed by atoms with Gasteiger partial charge in [0.05, 0.1) is 5.41 Å². The van der Waals surface area contributed by atoms with Crippen LogP contribution in [0.3, 0.4) is 0 Å². The third-order valence-corrected chi connectivity index (χ3v) is 8.17. The molecule has 0 bridgehead atoms. The van der Waals surface area contributed by atoms with Crippen molar-refractivity contribution in [2.45, 2.75) is 51.0 Å². The monoisotopic (exact) mass is 462 g/mol. The van der Waals surface area contributed by atoms with Crippen LogP contribution in [0.25, 0.3) is 11.1 Å². The number of ether oxygens (including phenoxy) is 1. The first-order valence-corrected chi connectivity index (χ1v) is 12.0. The quantitative estimate of drug-likeness (QED) is 0.549. The Morgan fingerprint density at radius 2 is 1.68 bits per heavy atom. The molecule has 3 aliphatic carbocycles. The second kappa shape index (κ2) is 8.46. The van der Waals surface area contributed by atoms with Crippen LogP contribution in [0.5, 0.6) is 0 Å². The molecule has 0 heterocycles. The summed E-state index contributed by atoms with van der Waals surface area (Å²) in [6.45, 7) is 2.10. The average molecular weight is 463 g/mol. The van der Waals surface area contributed by atoms with Crippen molar-refractivity contribution in [1.29, 1.82) is 0 Å². The van der Waals surface area contributed by atoms with Gasteiger partial charge in [0.15, 0.2) is 0 Å². The number of hydrogen-bond acceptors (Lipinski definition) is 4. The number of benzene rings is 2. The van der Waals surface area contributed by atoms with Crippen molar-refractivity contribution in [2.24, 2.45) is 10.8 Å². The maximum atomic E-state index is 13.1. The highest BCUT2D eigenvalue weighted by molar-refractivity contribution is 5.91. The second-order valence-corrected chi connectivity index (χ2v) is 9.84. The Labute approximate surface area is 198 Å². The lowest BCUT2D eigenvalue weighted by atomic mass is 9.74. The van der Waals surface area contributed by atoms with Crippen molar-refractivity contribution in [2.75, 3.05) is 13.2 Å². The molecule has 0 saturated heterocycles. The predicted octanol–water partition coefficient (Wildman–Crippen LogP) is 4.06. The van der Waals surface area contributed by atoms with Crippen LogP contribution >= 0.6 is 0 Å². The Morgan fingerprint density at radius 1 is 1.06 bits per heavy atom. The van der Waals surface area contributed by atoms with E-state index in [0.29, 0.717) is 12.8 Å². The molecule has 2 aromatic carbocycles. The third kappa shape index (κ3) is 3.54. The van der Waals surface area contributed by atoms with Gasteiger partial charge in [-0.25, -0.2) is 9.59 Å². The van der Waals surface area contributed by atoms with E-state index in [-0.39, 0.29) is 30.4 Å². The summed E-state index contributed by atoms with van der Waals surface area (Å²) in [6, 6.07) is 15.4. The third-order valence-electron chi connectivity index (χ3n) is 8.17. The van der Waals surface area contributed by atoms with Gasteiger partial charge in [0.25, 0.3) is 0 Å². The van der Waals surface area contributed by atoms with Gasteiger partial charge in [0.1, 0.15) is 12.6 Å². The van der Waals surface area contributed by atoms with Gasteiger partial charge < -0.3 is 20.5 Å². The van der Waals surface area contributed by atoms with Crippen LogP contribution < -0.4 is 10.6 Å². The molecule has 7 heteroatoms. The number of carboxylic acid groups (broad SMARTS) is 1. The number of amides is 2. The maximum Gasteiger partial charge on any atom is 0.407 e. The lowest BCUT2D eigenvalue weighted by molar-refractivity contribution is -0.143. The minimum atomic E-state index is -1.04. The first-order valence-electron chi connectivity index (χ1n) is 12.0. The number of alkyl carbamates (subject to hydrolysis) is 1. The minimum Gasteiger partial charge on any atom is -0.480 e. The summed E-state index contributed by atoms with van der Waals surface area (Å²) in [4.78, 5) is 37.2. The van der Waals surface area contributed by atoms with Crippen LogP contribution in [0.4, 0.5) is 4.79 Å². The van der Waals surface area contributed by atoms with Gasteiger partial charge >= 0.3 is 12.1 Å². The molecule has 178 valence electrons. The zero-order valence-corrected chi connectivity index (χ0v) is 19.3. The van der Waals surface area contributed by atoms with Gasteiger partial charge in [0.2, 0.25) is 5.91 Å². The summed E-state index contributed by atoms with van der Waals surface area (Å²) in [5.41, 5.74) is 3.74. The topological polar surface area (TPSA) is 105 Å². The SMILES string of the molecule is CC[C@@H](NC(=O)C1(CNC(=O)OCC2c3ccccc3-c3ccccc32)CC12CCC2)C(=O)O. The number of nitrogens with one attached hydrogen (secondary N) is 2. The molecule has 7 nitrogen and oxygen atoms in total. The number of aliphatic carboxylic acids is 1. The largest absolute Gasteiger partial charge is 0.480 e. The number of carbonyl (C=O) groups is 3. The fraction of sp³-hybridized carbons (Fsp3) is 0.444. The Kier molecular flexibility index (Phi) is 5.58. The van der Waals surface area contributed by atoms with Crippen LogP contribution in [-0.4, -0.2) is 42.3 Å². The highest BCUT2D eigenvalue weighted by Gasteiger charge is 2.73. The molecule has 2 fully saturated rings. The molecule has 34 heavy (non-hydrogen) atoms. The fourth-order valence-corrected chi connectivity index (χ4v) is 5.95. The molecular weight excluding hydrogens is 432 g/mol. The van der Waals surface area contributed by atoms with E-state index in [4.69, 9.17) is 4.74 Å². The lowest BCUT2D eigenvalue weighted by Gasteiger charge is -2.33. The highest BCUT2D eigenvalue weighted by atomic mass is 16.5.